The number of fused-ring (bicyclic) bond motifs is 3. The Hall–Kier alpha value is -3.41. The molecule has 28 heavy (non-hydrogen) atoms. The average molecular weight is 377 g/mol. The molecule has 0 saturated carbocycles. The van der Waals surface area contributed by atoms with E-state index in [0.29, 0.717) is 28.0 Å². The van der Waals surface area contributed by atoms with Crippen LogP contribution >= 0.6 is 0 Å². The SMILES string of the molecule is CCOC(=O)C1=C2c3ccccc3C(=O)N2C(C(=O)OC)(c2ccccc2)C1. The molecular formula is C22H19NO5. The Labute approximate surface area is 162 Å². The lowest BCUT2D eigenvalue weighted by Gasteiger charge is -2.35. The number of methoxy groups -OCH3 is 1. The van der Waals surface area contributed by atoms with Gasteiger partial charge in [-0.05, 0) is 18.6 Å². The molecular weight excluding hydrogens is 358 g/mol. The fraction of sp³-hybridized carbons (Fsp3) is 0.227. The molecule has 0 spiro atoms. The van der Waals surface area contributed by atoms with E-state index in [0.717, 1.165) is 0 Å². The number of nitrogens with zero attached hydrogens (tertiary/aromatic N) is 1. The van der Waals surface area contributed by atoms with E-state index in [4.69, 9.17) is 9.47 Å². The minimum atomic E-state index is -1.45. The minimum absolute atomic E-state index is 0.00206. The van der Waals surface area contributed by atoms with Gasteiger partial charge in [-0.25, -0.2) is 9.59 Å². The fourth-order valence-corrected chi connectivity index (χ4v) is 4.08. The molecule has 4 rings (SSSR count). The number of esters is 2. The van der Waals surface area contributed by atoms with E-state index >= 15 is 0 Å². The Bertz CT molecular complexity index is 1010. The average Bonchev–Trinajstić information content (AvgIpc) is 3.24. The van der Waals surface area contributed by atoms with Gasteiger partial charge in [0.25, 0.3) is 5.91 Å². The van der Waals surface area contributed by atoms with Crippen molar-refractivity contribution in [3.05, 3.63) is 76.9 Å². The molecule has 0 aliphatic carbocycles. The number of amides is 1. The van der Waals surface area contributed by atoms with Crippen molar-refractivity contribution in [2.24, 2.45) is 0 Å². The van der Waals surface area contributed by atoms with Crippen LogP contribution in [0, 0.1) is 0 Å². The highest BCUT2D eigenvalue weighted by molar-refractivity contribution is 6.17. The molecule has 0 fully saturated rings. The van der Waals surface area contributed by atoms with E-state index in [1.165, 1.54) is 12.0 Å². The van der Waals surface area contributed by atoms with Crippen LogP contribution in [0.15, 0.2) is 60.2 Å². The minimum Gasteiger partial charge on any atom is -0.467 e. The Morgan fingerprint density at radius 2 is 1.68 bits per heavy atom. The zero-order valence-corrected chi connectivity index (χ0v) is 15.6. The van der Waals surface area contributed by atoms with Crippen LogP contribution in [-0.4, -0.2) is 36.5 Å². The number of carbonyl (C=O) groups is 3. The van der Waals surface area contributed by atoms with Gasteiger partial charge in [0, 0.05) is 17.5 Å². The van der Waals surface area contributed by atoms with Crippen molar-refractivity contribution in [1.82, 2.24) is 4.90 Å². The second kappa shape index (κ2) is 6.64. The van der Waals surface area contributed by atoms with Crippen molar-refractivity contribution in [1.29, 1.82) is 0 Å². The Kier molecular flexibility index (Phi) is 4.26. The Balaban J connectivity index is 2.00. The van der Waals surface area contributed by atoms with Gasteiger partial charge >= 0.3 is 11.9 Å². The van der Waals surface area contributed by atoms with Gasteiger partial charge in [-0.2, -0.15) is 0 Å². The summed E-state index contributed by atoms with van der Waals surface area (Å²) in [5.74, 6) is -1.47. The van der Waals surface area contributed by atoms with Crippen LogP contribution in [0.4, 0.5) is 0 Å². The summed E-state index contributed by atoms with van der Waals surface area (Å²) in [4.78, 5) is 40.6. The first-order chi connectivity index (χ1) is 13.6. The topological polar surface area (TPSA) is 72.9 Å². The molecule has 142 valence electrons. The molecule has 0 radical (unpaired) electrons. The van der Waals surface area contributed by atoms with E-state index in [-0.39, 0.29) is 18.9 Å². The van der Waals surface area contributed by atoms with Crippen LogP contribution < -0.4 is 0 Å². The Morgan fingerprint density at radius 3 is 2.32 bits per heavy atom. The summed E-state index contributed by atoms with van der Waals surface area (Å²) in [6, 6.07) is 15.9. The predicted molar refractivity (Wildman–Crippen MR) is 101 cm³/mol. The molecule has 0 saturated heterocycles. The lowest BCUT2D eigenvalue weighted by molar-refractivity contribution is -0.152. The van der Waals surface area contributed by atoms with Gasteiger partial charge in [-0.1, -0.05) is 48.5 Å². The van der Waals surface area contributed by atoms with Gasteiger partial charge in [-0.15, -0.1) is 0 Å². The summed E-state index contributed by atoms with van der Waals surface area (Å²) in [6.07, 6.45) is -0.00206. The first kappa shape index (κ1) is 18.0. The van der Waals surface area contributed by atoms with Crippen molar-refractivity contribution in [3.63, 3.8) is 0 Å². The van der Waals surface area contributed by atoms with Crippen molar-refractivity contribution < 1.29 is 23.9 Å². The van der Waals surface area contributed by atoms with E-state index in [1.807, 2.05) is 6.07 Å². The van der Waals surface area contributed by atoms with E-state index in [9.17, 15) is 14.4 Å². The number of hydrogen-bond acceptors (Lipinski definition) is 5. The van der Waals surface area contributed by atoms with Gasteiger partial charge in [0.1, 0.15) is 0 Å². The van der Waals surface area contributed by atoms with Crippen LogP contribution in [0.3, 0.4) is 0 Å². The van der Waals surface area contributed by atoms with Crippen LogP contribution in [0.5, 0.6) is 0 Å². The standard InChI is InChI=1S/C22H19NO5/c1-3-28-20(25)17-13-22(21(26)27-2,14-9-5-4-6-10-14)23-18(17)15-11-7-8-12-16(15)19(23)24/h4-12H,3,13H2,1-2H3. The third-order valence-corrected chi connectivity index (χ3v) is 5.24. The summed E-state index contributed by atoms with van der Waals surface area (Å²) in [6.45, 7) is 1.91. The molecule has 6 heteroatoms. The summed E-state index contributed by atoms with van der Waals surface area (Å²) >= 11 is 0. The highest BCUT2D eigenvalue weighted by Gasteiger charge is 2.60. The second-order valence-corrected chi connectivity index (χ2v) is 6.63. The molecule has 1 amide bonds. The summed E-state index contributed by atoms with van der Waals surface area (Å²) in [7, 11) is 1.28. The summed E-state index contributed by atoms with van der Waals surface area (Å²) in [5.41, 5.74) is 0.923. The molecule has 0 aromatic heterocycles. The molecule has 2 heterocycles. The maximum atomic E-state index is 13.3. The molecule has 0 bridgehead atoms. The fourth-order valence-electron chi connectivity index (χ4n) is 4.08. The van der Waals surface area contributed by atoms with Crippen molar-refractivity contribution in [3.8, 4) is 0 Å². The third-order valence-electron chi connectivity index (χ3n) is 5.24. The smallest absolute Gasteiger partial charge is 0.337 e. The van der Waals surface area contributed by atoms with E-state index in [2.05, 4.69) is 0 Å². The highest BCUT2D eigenvalue weighted by Crippen LogP contribution is 2.53. The quantitative estimate of drug-likeness (QED) is 0.766. The zero-order valence-electron chi connectivity index (χ0n) is 15.6. The lowest BCUT2D eigenvalue weighted by atomic mass is 9.84. The normalized spacial score (nSPS) is 20.1. The molecule has 2 aliphatic rings. The zero-order chi connectivity index (χ0) is 19.9. The molecule has 1 atom stereocenters. The monoisotopic (exact) mass is 377 g/mol. The van der Waals surface area contributed by atoms with E-state index in [1.54, 1.807) is 55.5 Å². The number of carbonyl (C=O) groups excluding carboxylic acids is 3. The second-order valence-electron chi connectivity index (χ2n) is 6.63. The maximum Gasteiger partial charge on any atom is 0.337 e. The maximum absolute atomic E-state index is 13.3. The number of benzene rings is 2. The molecule has 2 aromatic rings. The van der Waals surface area contributed by atoms with Crippen molar-refractivity contribution in [2.75, 3.05) is 13.7 Å². The van der Waals surface area contributed by atoms with Crippen molar-refractivity contribution in [2.45, 2.75) is 18.9 Å². The first-order valence-electron chi connectivity index (χ1n) is 9.04. The van der Waals surface area contributed by atoms with Crippen molar-refractivity contribution >= 4 is 23.5 Å². The van der Waals surface area contributed by atoms with Gasteiger partial charge in [0.05, 0.1) is 25.0 Å². The Morgan fingerprint density at radius 1 is 1.04 bits per heavy atom. The molecule has 2 aromatic carbocycles. The van der Waals surface area contributed by atoms with Gasteiger partial charge in [0.2, 0.25) is 0 Å². The van der Waals surface area contributed by atoms with Crippen LogP contribution in [0.1, 0.15) is 34.8 Å². The molecule has 6 nitrogen and oxygen atoms in total. The van der Waals surface area contributed by atoms with Crippen LogP contribution in [0.2, 0.25) is 0 Å². The molecule has 0 N–H and O–H groups in total. The van der Waals surface area contributed by atoms with Crippen LogP contribution in [-0.2, 0) is 24.6 Å². The van der Waals surface area contributed by atoms with Gasteiger partial charge in [-0.3, -0.25) is 9.69 Å². The third kappa shape index (κ3) is 2.30. The van der Waals surface area contributed by atoms with E-state index < -0.39 is 17.5 Å². The largest absolute Gasteiger partial charge is 0.467 e. The van der Waals surface area contributed by atoms with Crippen LogP contribution in [0.25, 0.3) is 5.70 Å². The molecule has 1 unspecified atom stereocenters. The number of rotatable bonds is 4. The van der Waals surface area contributed by atoms with Gasteiger partial charge < -0.3 is 9.47 Å². The lowest BCUT2D eigenvalue weighted by Crippen LogP contribution is -2.49. The summed E-state index contributed by atoms with van der Waals surface area (Å²) in [5, 5.41) is 0. The summed E-state index contributed by atoms with van der Waals surface area (Å²) < 4.78 is 10.4. The molecule has 2 aliphatic heterocycles. The first-order valence-corrected chi connectivity index (χ1v) is 9.04. The number of hydrogen-bond donors (Lipinski definition) is 0. The van der Waals surface area contributed by atoms with Gasteiger partial charge in [0.15, 0.2) is 5.54 Å². The predicted octanol–water partition coefficient (Wildman–Crippen LogP) is 2.89. The number of ether oxygens (including phenoxy) is 2. The highest BCUT2D eigenvalue weighted by atomic mass is 16.5.